The number of aromatic nitrogens is 2. The van der Waals surface area contributed by atoms with Crippen molar-refractivity contribution in [3.63, 3.8) is 0 Å². The van der Waals surface area contributed by atoms with Crippen molar-refractivity contribution >= 4 is 5.91 Å². The maximum Gasteiger partial charge on any atom is 0.223 e. The fraction of sp³-hybridized carbons (Fsp3) is 0.545. The zero-order valence-electron chi connectivity index (χ0n) is 16.4. The summed E-state index contributed by atoms with van der Waals surface area (Å²) < 4.78 is 7.36. The van der Waals surface area contributed by atoms with Crippen LogP contribution in [0.25, 0.3) is 0 Å². The van der Waals surface area contributed by atoms with Crippen LogP contribution in [-0.4, -0.2) is 52.9 Å². The van der Waals surface area contributed by atoms with Crippen molar-refractivity contribution < 1.29 is 9.53 Å². The van der Waals surface area contributed by atoms with E-state index in [0.717, 1.165) is 57.6 Å². The number of carbonyl (C=O) groups is 1. The first-order valence-corrected chi connectivity index (χ1v) is 10.4. The summed E-state index contributed by atoms with van der Waals surface area (Å²) >= 11 is 0. The molecule has 0 spiro atoms. The highest BCUT2D eigenvalue weighted by atomic mass is 16.5. The topological polar surface area (TPSA) is 59.4 Å². The fourth-order valence-electron chi connectivity index (χ4n) is 4.38. The number of nitrogens with zero attached hydrogens (tertiary/aromatic N) is 3. The molecule has 0 saturated carbocycles. The highest BCUT2D eigenvalue weighted by Crippen LogP contribution is 2.24. The molecule has 0 radical (unpaired) electrons. The molecular weight excluding hydrogens is 352 g/mol. The van der Waals surface area contributed by atoms with Crippen LogP contribution in [-0.2, 0) is 16.1 Å². The summed E-state index contributed by atoms with van der Waals surface area (Å²) in [6, 6.07) is 12.7. The average molecular weight is 383 g/mol. The molecule has 6 heteroatoms. The highest BCUT2D eigenvalue weighted by molar-refractivity contribution is 5.79. The van der Waals surface area contributed by atoms with E-state index in [1.807, 2.05) is 35.1 Å². The first-order chi connectivity index (χ1) is 13.8. The summed E-state index contributed by atoms with van der Waals surface area (Å²) in [5, 5.41) is 7.61. The molecule has 2 aliphatic heterocycles. The van der Waals surface area contributed by atoms with Crippen LogP contribution in [0.2, 0.25) is 0 Å². The van der Waals surface area contributed by atoms with Crippen LogP contribution < -0.4 is 5.32 Å². The molecule has 1 atom stereocenters. The molecule has 4 rings (SSSR count). The number of ether oxygens (including phenoxy) is 1. The number of likely N-dealkylation sites (tertiary alicyclic amines) is 1. The van der Waals surface area contributed by atoms with E-state index in [0.29, 0.717) is 12.6 Å². The van der Waals surface area contributed by atoms with Gasteiger partial charge in [-0.3, -0.25) is 9.48 Å². The Morgan fingerprint density at radius 2 is 1.86 bits per heavy atom. The highest BCUT2D eigenvalue weighted by Gasteiger charge is 2.30. The van der Waals surface area contributed by atoms with Crippen LogP contribution in [0.15, 0.2) is 48.8 Å². The molecule has 1 amide bonds. The van der Waals surface area contributed by atoms with Crippen LogP contribution >= 0.6 is 0 Å². The van der Waals surface area contributed by atoms with E-state index in [2.05, 4.69) is 27.4 Å². The zero-order chi connectivity index (χ0) is 19.2. The minimum absolute atomic E-state index is 0.0675. The van der Waals surface area contributed by atoms with E-state index < -0.39 is 0 Å². The lowest BCUT2D eigenvalue weighted by Gasteiger charge is -2.39. The van der Waals surface area contributed by atoms with Gasteiger partial charge in [0.2, 0.25) is 5.91 Å². The van der Waals surface area contributed by atoms with E-state index in [4.69, 9.17) is 4.74 Å². The predicted octanol–water partition coefficient (Wildman–Crippen LogP) is 2.63. The number of hydrogen-bond donors (Lipinski definition) is 1. The molecule has 0 aliphatic carbocycles. The van der Waals surface area contributed by atoms with Gasteiger partial charge in [-0.25, -0.2) is 0 Å². The third-order valence-electron chi connectivity index (χ3n) is 6.05. The Bertz CT molecular complexity index is 720. The normalized spacial score (nSPS) is 20.7. The number of amides is 1. The quantitative estimate of drug-likeness (QED) is 0.834. The van der Waals surface area contributed by atoms with Crippen molar-refractivity contribution in [2.75, 3.05) is 26.3 Å². The maximum absolute atomic E-state index is 13.0. The number of hydrogen-bond acceptors (Lipinski definition) is 4. The van der Waals surface area contributed by atoms with Gasteiger partial charge in [0, 0.05) is 37.6 Å². The summed E-state index contributed by atoms with van der Waals surface area (Å²) in [6.07, 6.45) is 7.83. The van der Waals surface area contributed by atoms with Gasteiger partial charge in [-0.15, -0.1) is 0 Å². The Morgan fingerprint density at radius 3 is 2.54 bits per heavy atom. The van der Waals surface area contributed by atoms with Crippen molar-refractivity contribution in [3.8, 4) is 0 Å². The van der Waals surface area contributed by atoms with Crippen LogP contribution in [0.1, 0.15) is 37.3 Å². The Morgan fingerprint density at radius 1 is 1.11 bits per heavy atom. The third-order valence-corrected chi connectivity index (χ3v) is 6.05. The Kier molecular flexibility index (Phi) is 6.39. The van der Waals surface area contributed by atoms with Crippen LogP contribution in [0.5, 0.6) is 0 Å². The van der Waals surface area contributed by atoms with Crippen LogP contribution in [0.3, 0.4) is 0 Å². The first kappa shape index (κ1) is 19.2. The SMILES string of the molecule is O=C(N[C@H](Cn1cccn1)c1ccccc1)C1CCN(C2CCOCC2)CC1. The zero-order valence-corrected chi connectivity index (χ0v) is 16.4. The second-order valence-electron chi connectivity index (χ2n) is 7.85. The van der Waals surface area contributed by atoms with Gasteiger partial charge in [0.1, 0.15) is 0 Å². The van der Waals surface area contributed by atoms with Crippen molar-refractivity contribution in [1.82, 2.24) is 20.0 Å². The number of rotatable bonds is 6. The number of benzene rings is 1. The monoisotopic (exact) mass is 382 g/mol. The Hall–Kier alpha value is -2.18. The number of nitrogens with one attached hydrogen (secondary N) is 1. The summed E-state index contributed by atoms with van der Waals surface area (Å²) in [6.45, 7) is 4.41. The van der Waals surface area contributed by atoms with Gasteiger partial charge in [-0.1, -0.05) is 30.3 Å². The van der Waals surface area contributed by atoms with Gasteiger partial charge < -0.3 is 15.0 Å². The van der Waals surface area contributed by atoms with Crippen molar-refractivity contribution in [2.24, 2.45) is 5.92 Å². The molecule has 0 bridgehead atoms. The van der Waals surface area contributed by atoms with Gasteiger partial charge in [-0.05, 0) is 50.4 Å². The van der Waals surface area contributed by atoms with Gasteiger partial charge in [0.15, 0.2) is 0 Å². The Labute approximate surface area is 166 Å². The van der Waals surface area contributed by atoms with E-state index in [-0.39, 0.29) is 17.9 Å². The molecule has 1 N–H and O–H groups in total. The van der Waals surface area contributed by atoms with Crippen molar-refractivity contribution in [3.05, 3.63) is 54.4 Å². The lowest BCUT2D eigenvalue weighted by molar-refractivity contribution is -0.127. The molecule has 0 unspecified atom stereocenters. The molecule has 28 heavy (non-hydrogen) atoms. The first-order valence-electron chi connectivity index (χ1n) is 10.4. The molecule has 3 heterocycles. The predicted molar refractivity (Wildman–Crippen MR) is 108 cm³/mol. The maximum atomic E-state index is 13.0. The van der Waals surface area contributed by atoms with E-state index in [9.17, 15) is 4.79 Å². The van der Waals surface area contributed by atoms with Crippen molar-refractivity contribution in [1.29, 1.82) is 0 Å². The lowest BCUT2D eigenvalue weighted by atomic mass is 9.93. The summed E-state index contributed by atoms with van der Waals surface area (Å²) in [7, 11) is 0. The smallest absolute Gasteiger partial charge is 0.223 e. The minimum Gasteiger partial charge on any atom is -0.381 e. The summed E-state index contributed by atoms with van der Waals surface area (Å²) in [5.41, 5.74) is 1.12. The molecule has 1 aromatic heterocycles. The van der Waals surface area contributed by atoms with Crippen LogP contribution in [0, 0.1) is 5.92 Å². The molecular formula is C22H30N4O2. The second-order valence-corrected chi connectivity index (χ2v) is 7.85. The van der Waals surface area contributed by atoms with Gasteiger partial charge in [0.25, 0.3) is 0 Å². The average Bonchev–Trinajstić information content (AvgIpc) is 3.28. The van der Waals surface area contributed by atoms with Crippen LogP contribution in [0.4, 0.5) is 0 Å². The van der Waals surface area contributed by atoms with Gasteiger partial charge in [-0.2, -0.15) is 5.10 Å². The van der Waals surface area contributed by atoms with E-state index in [1.54, 1.807) is 6.20 Å². The standard InChI is InChI=1S/C22H30N4O2/c27-22(19-7-13-25(14-8-19)20-9-15-28-16-10-20)24-21(17-26-12-4-11-23-26)18-5-2-1-3-6-18/h1-6,11-12,19-21H,7-10,13-17H2,(H,24,27)/t21-/m1/s1. The minimum atomic E-state index is -0.0675. The molecule has 1 aromatic carbocycles. The second kappa shape index (κ2) is 9.34. The number of carbonyl (C=O) groups excluding carboxylic acids is 1. The molecule has 2 aliphatic rings. The Balaban J connectivity index is 1.35. The fourth-order valence-corrected chi connectivity index (χ4v) is 4.38. The lowest BCUT2D eigenvalue weighted by Crippen LogP contribution is -2.47. The number of piperidine rings is 1. The van der Waals surface area contributed by atoms with Gasteiger partial charge in [0.05, 0.1) is 12.6 Å². The molecule has 6 nitrogen and oxygen atoms in total. The third kappa shape index (κ3) is 4.80. The summed E-state index contributed by atoms with van der Waals surface area (Å²) in [5.74, 6) is 0.271. The largest absolute Gasteiger partial charge is 0.381 e. The summed E-state index contributed by atoms with van der Waals surface area (Å²) in [4.78, 5) is 15.6. The molecule has 2 saturated heterocycles. The molecule has 2 fully saturated rings. The molecule has 150 valence electrons. The molecule has 2 aromatic rings. The van der Waals surface area contributed by atoms with E-state index >= 15 is 0 Å². The van der Waals surface area contributed by atoms with Crippen molar-refractivity contribution in [2.45, 2.75) is 44.3 Å². The van der Waals surface area contributed by atoms with Gasteiger partial charge >= 0.3 is 0 Å². The van der Waals surface area contributed by atoms with E-state index in [1.165, 1.54) is 0 Å².